The molecule has 0 heterocycles. The number of rotatable bonds is 46. The van der Waals surface area contributed by atoms with Crippen molar-refractivity contribution < 1.29 is 28.6 Å². The molecule has 344 valence electrons. The Morgan fingerprint density at radius 3 is 0.983 bits per heavy atom. The summed E-state index contributed by atoms with van der Waals surface area (Å²) in [5, 5.41) is 0. The van der Waals surface area contributed by atoms with Crippen LogP contribution in [0.4, 0.5) is 0 Å². The van der Waals surface area contributed by atoms with Crippen LogP contribution in [0.5, 0.6) is 0 Å². The highest BCUT2D eigenvalue weighted by molar-refractivity contribution is 5.71. The Balaban J connectivity index is 4.16. The molecule has 58 heavy (non-hydrogen) atoms. The van der Waals surface area contributed by atoms with E-state index in [0.717, 1.165) is 69.6 Å². The summed E-state index contributed by atoms with van der Waals surface area (Å²) in [7, 11) is 0. The standard InChI is InChI=1S/C52H100O6/c1-6-8-9-10-25-32-37-42-50(53)56-45-49(46-57-51(54)43-38-33-28-24-23-27-31-36-41-48(5)7-2)58-52(55)44-39-34-29-22-20-18-16-14-12-11-13-15-17-19-21-26-30-35-40-47(3)4/h47-49H,6-46H2,1-5H3/t48?,49-/m1/s1. The summed E-state index contributed by atoms with van der Waals surface area (Å²) in [5.74, 6) is 0.849. The van der Waals surface area contributed by atoms with E-state index in [-0.39, 0.29) is 31.1 Å². The molecule has 0 radical (unpaired) electrons. The molecule has 6 heteroatoms. The molecule has 0 N–H and O–H groups in total. The highest BCUT2D eigenvalue weighted by Gasteiger charge is 2.19. The van der Waals surface area contributed by atoms with Crippen LogP contribution >= 0.6 is 0 Å². The molecule has 0 spiro atoms. The third kappa shape index (κ3) is 44.0. The van der Waals surface area contributed by atoms with Gasteiger partial charge in [-0.1, -0.05) is 247 Å². The van der Waals surface area contributed by atoms with Gasteiger partial charge in [0.25, 0.3) is 0 Å². The molecule has 0 aromatic heterocycles. The van der Waals surface area contributed by atoms with Crippen LogP contribution in [0.15, 0.2) is 0 Å². The van der Waals surface area contributed by atoms with E-state index in [2.05, 4.69) is 34.6 Å². The van der Waals surface area contributed by atoms with Crippen LogP contribution in [0.2, 0.25) is 0 Å². The summed E-state index contributed by atoms with van der Waals surface area (Å²) in [5.41, 5.74) is 0. The average Bonchev–Trinajstić information content (AvgIpc) is 3.21. The lowest BCUT2D eigenvalue weighted by Crippen LogP contribution is -2.30. The molecule has 0 rings (SSSR count). The number of carbonyl (C=O) groups is 3. The van der Waals surface area contributed by atoms with Gasteiger partial charge in [0.15, 0.2) is 6.10 Å². The third-order valence-electron chi connectivity index (χ3n) is 12.1. The largest absolute Gasteiger partial charge is 0.462 e. The highest BCUT2D eigenvalue weighted by atomic mass is 16.6. The van der Waals surface area contributed by atoms with Gasteiger partial charge in [-0.3, -0.25) is 14.4 Å². The van der Waals surface area contributed by atoms with Crippen molar-refractivity contribution in [2.45, 2.75) is 291 Å². The lowest BCUT2D eigenvalue weighted by Gasteiger charge is -2.18. The Hall–Kier alpha value is -1.59. The van der Waals surface area contributed by atoms with Crippen molar-refractivity contribution in [2.24, 2.45) is 11.8 Å². The SMILES string of the molecule is CCCCCCCCCC(=O)OC[C@H](COC(=O)CCCCCCCCCCC(C)CC)OC(=O)CCCCCCCCCCCCCCCCCCCCC(C)C. The first-order valence-corrected chi connectivity index (χ1v) is 25.8. The number of esters is 3. The Bertz CT molecular complexity index is 887. The van der Waals surface area contributed by atoms with Crippen molar-refractivity contribution in [1.82, 2.24) is 0 Å². The van der Waals surface area contributed by atoms with Gasteiger partial charge in [-0.15, -0.1) is 0 Å². The molecule has 1 unspecified atom stereocenters. The summed E-state index contributed by atoms with van der Waals surface area (Å²) in [6.07, 6.45) is 45.3. The van der Waals surface area contributed by atoms with Crippen molar-refractivity contribution in [3.05, 3.63) is 0 Å². The molecular weight excluding hydrogens is 721 g/mol. The first-order chi connectivity index (χ1) is 28.3. The number of carbonyl (C=O) groups excluding carboxylic acids is 3. The predicted molar refractivity (Wildman–Crippen MR) is 247 cm³/mol. The van der Waals surface area contributed by atoms with E-state index in [9.17, 15) is 14.4 Å². The minimum absolute atomic E-state index is 0.0648. The molecule has 0 aliphatic rings. The summed E-state index contributed by atoms with van der Waals surface area (Å²) >= 11 is 0. The second kappa shape index (κ2) is 44.9. The van der Waals surface area contributed by atoms with E-state index in [1.54, 1.807) is 0 Å². The van der Waals surface area contributed by atoms with Crippen molar-refractivity contribution in [2.75, 3.05) is 13.2 Å². The number of hydrogen-bond donors (Lipinski definition) is 0. The van der Waals surface area contributed by atoms with Crippen LogP contribution < -0.4 is 0 Å². The summed E-state index contributed by atoms with van der Waals surface area (Å²) < 4.78 is 16.7. The number of unbranched alkanes of at least 4 members (excludes halogenated alkanes) is 30. The fourth-order valence-electron chi connectivity index (χ4n) is 7.78. The molecule has 0 aliphatic carbocycles. The van der Waals surface area contributed by atoms with Gasteiger partial charge in [0.05, 0.1) is 0 Å². The second-order valence-electron chi connectivity index (χ2n) is 18.5. The molecular formula is C52H100O6. The van der Waals surface area contributed by atoms with Crippen molar-refractivity contribution >= 4 is 17.9 Å². The Kier molecular flexibility index (Phi) is 43.7. The van der Waals surface area contributed by atoms with E-state index < -0.39 is 6.10 Å². The lowest BCUT2D eigenvalue weighted by atomic mass is 9.99. The lowest BCUT2D eigenvalue weighted by molar-refractivity contribution is -0.167. The third-order valence-corrected chi connectivity index (χ3v) is 12.1. The Morgan fingerprint density at radius 1 is 0.362 bits per heavy atom. The maximum Gasteiger partial charge on any atom is 0.306 e. The van der Waals surface area contributed by atoms with E-state index in [1.807, 2.05) is 0 Å². The molecule has 0 saturated heterocycles. The van der Waals surface area contributed by atoms with Gasteiger partial charge < -0.3 is 14.2 Å². The summed E-state index contributed by atoms with van der Waals surface area (Å²) in [6, 6.07) is 0. The maximum atomic E-state index is 12.8. The van der Waals surface area contributed by atoms with Crippen LogP contribution in [0.3, 0.4) is 0 Å². The summed E-state index contributed by atoms with van der Waals surface area (Å²) in [4.78, 5) is 37.7. The van der Waals surface area contributed by atoms with Gasteiger partial charge in [0.1, 0.15) is 13.2 Å². The van der Waals surface area contributed by atoms with Crippen LogP contribution in [0.1, 0.15) is 285 Å². The first-order valence-electron chi connectivity index (χ1n) is 25.8. The van der Waals surface area contributed by atoms with Gasteiger partial charge in [-0.2, -0.15) is 0 Å². The zero-order chi connectivity index (χ0) is 42.6. The van der Waals surface area contributed by atoms with Gasteiger partial charge >= 0.3 is 17.9 Å². The molecule has 0 aromatic carbocycles. The molecule has 0 aromatic rings. The Labute approximate surface area is 361 Å². The molecule has 0 saturated carbocycles. The fraction of sp³-hybridized carbons (Fsp3) is 0.942. The zero-order valence-corrected chi connectivity index (χ0v) is 39.7. The van der Waals surface area contributed by atoms with Crippen molar-refractivity contribution in [3.63, 3.8) is 0 Å². The molecule has 0 bridgehead atoms. The van der Waals surface area contributed by atoms with Crippen molar-refractivity contribution in [3.8, 4) is 0 Å². The zero-order valence-electron chi connectivity index (χ0n) is 39.7. The monoisotopic (exact) mass is 821 g/mol. The van der Waals surface area contributed by atoms with E-state index in [4.69, 9.17) is 14.2 Å². The fourth-order valence-corrected chi connectivity index (χ4v) is 7.78. The van der Waals surface area contributed by atoms with E-state index >= 15 is 0 Å². The van der Waals surface area contributed by atoms with E-state index in [0.29, 0.717) is 19.3 Å². The predicted octanol–water partition coefficient (Wildman–Crippen LogP) is 16.5. The normalized spacial score (nSPS) is 12.5. The molecule has 0 fully saturated rings. The van der Waals surface area contributed by atoms with Gasteiger partial charge in [0.2, 0.25) is 0 Å². The van der Waals surface area contributed by atoms with Gasteiger partial charge in [0, 0.05) is 19.3 Å². The van der Waals surface area contributed by atoms with E-state index in [1.165, 1.54) is 173 Å². The first kappa shape index (κ1) is 56.4. The smallest absolute Gasteiger partial charge is 0.306 e. The van der Waals surface area contributed by atoms with Crippen LogP contribution in [0, 0.1) is 11.8 Å². The maximum absolute atomic E-state index is 12.8. The molecule has 0 amide bonds. The summed E-state index contributed by atoms with van der Waals surface area (Å²) in [6.45, 7) is 11.4. The quantitative estimate of drug-likeness (QED) is 0.0346. The molecule has 2 atom stereocenters. The van der Waals surface area contributed by atoms with Crippen LogP contribution in [-0.4, -0.2) is 37.2 Å². The van der Waals surface area contributed by atoms with Gasteiger partial charge in [-0.25, -0.2) is 0 Å². The molecule has 0 aliphatic heterocycles. The minimum Gasteiger partial charge on any atom is -0.462 e. The Morgan fingerprint density at radius 2 is 0.655 bits per heavy atom. The number of ether oxygens (including phenoxy) is 3. The second-order valence-corrected chi connectivity index (χ2v) is 18.5. The topological polar surface area (TPSA) is 78.9 Å². The van der Waals surface area contributed by atoms with Gasteiger partial charge in [-0.05, 0) is 31.1 Å². The van der Waals surface area contributed by atoms with Crippen LogP contribution in [0.25, 0.3) is 0 Å². The average molecular weight is 821 g/mol. The van der Waals surface area contributed by atoms with Crippen LogP contribution in [-0.2, 0) is 28.6 Å². The molecule has 6 nitrogen and oxygen atoms in total. The highest BCUT2D eigenvalue weighted by Crippen LogP contribution is 2.18. The van der Waals surface area contributed by atoms with Crippen molar-refractivity contribution in [1.29, 1.82) is 0 Å². The minimum atomic E-state index is -0.760. The number of hydrogen-bond acceptors (Lipinski definition) is 6.